The number of thiazole rings is 1. The van der Waals surface area contributed by atoms with Crippen LogP contribution in [0.2, 0.25) is 0 Å². The number of aromatic nitrogens is 2. The zero-order valence-corrected chi connectivity index (χ0v) is 17.3. The molecule has 0 bridgehead atoms. The molecule has 1 N–H and O–H groups in total. The maximum atomic E-state index is 12.8. The van der Waals surface area contributed by atoms with Gasteiger partial charge in [-0.25, -0.2) is 4.98 Å². The maximum absolute atomic E-state index is 12.8. The molecule has 7 heteroatoms. The topological polar surface area (TPSA) is 67.3 Å². The number of pyridine rings is 1. The molecule has 0 aliphatic carbocycles. The fourth-order valence-corrected chi connectivity index (χ4v) is 3.86. The lowest BCUT2D eigenvalue weighted by atomic mass is 10.1. The van der Waals surface area contributed by atoms with Gasteiger partial charge < -0.3 is 15.0 Å². The first-order valence-corrected chi connectivity index (χ1v) is 9.78. The van der Waals surface area contributed by atoms with Crippen LogP contribution in [0.1, 0.15) is 27.0 Å². The van der Waals surface area contributed by atoms with Gasteiger partial charge in [0.25, 0.3) is 5.91 Å². The highest BCUT2D eigenvalue weighted by Gasteiger charge is 2.20. The minimum atomic E-state index is -0.113. The molecule has 0 spiro atoms. The third kappa shape index (κ3) is 4.55. The molecule has 3 rings (SSSR count). The van der Waals surface area contributed by atoms with E-state index >= 15 is 0 Å². The van der Waals surface area contributed by atoms with E-state index in [0.717, 1.165) is 22.0 Å². The standard InChI is InChI=1S/C21H24N4O2S/c1-14-19(28-21(24-14)17-7-5-6-12-22-17)20(26)23-13-18(25(2)3)15-8-10-16(27-4)11-9-15/h5-12,18H,13H2,1-4H3,(H,23,26)/t18-/m0/s1. The zero-order chi connectivity index (χ0) is 20.1. The second kappa shape index (κ2) is 8.95. The largest absolute Gasteiger partial charge is 0.497 e. The van der Waals surface area contributed by atoms with E-state index in [4.69, 9.17) is 4.74 Å². The predicted molar refractivity (Wildman–Crippen MR) is 112 cm³/mol. The van der Waals surface area contributed by atoms with Crippen molar-refractivity contribution in [2.24, 2.45) is 0 Å². The lowest BCUT2D eigenvalue weighted by molar-refractivity contribution is 0.0945. The van der Waals surface area contributed by atoms with E-state index in [-0.39, 0.29) is 11.9 Å². The van der Waals surface area contributed by atoms with E-state index in [1.807, 2.05) is 63.5 Å². The third-order valence-corrected chi connectivity index (χ3v) is 5.65. The van der Waals surface area contributed by atoms with Crippen LogP contribution in [0.3, 0.4) is 0 Å². The molecule has 1 aromatic carbocycles. The fraction of sp³-hybridized carbons (Fsp3) is 0.286. The monoisotopic (exact) mass is 396 g/mol. The van der Waals surface area contributed by atoms with Gasteiger partial charge >= 0.3 is 0 Å². The first kappa shape index (κ1) is 20.0. The zero-order valence-electron chi connectivity index (χ0n) is 16.5. The second-order valence-corrected chi connectivity index (χ2v) is 7.61. The summed E-state index contributed by atoms with van der Waals surface area (Å²) in [5, 5.41) is 3.80. The van der Waals surface area contributed by atoms with Crippen molar-refractivity contribution in [1.82, 2.24) is 20.2 Å². The maximum Gasteiger partial charge on any atom is 0.263 e. The van der Waals surface area contributed by atoms with Crippen molar-refractivity contribution in [3.05, 3.63) is 64.8 Å². The van der Waals surface area contributed by atoms with Gasteiger partial charge in [0.15, 0.2) is 0 Å². The van der Waals surface area contributed by atoms with Crippen LogP contribution < -0.4 is 10.1 Å². The van der Waals surface area contributed by atoms with Gasteiger partial charge in [-0.3, -0.25) is 9.78 Å². The second-order valence-electron chi connectivity index (χ2n) is 6.61. The molecule has 0 aliphatic rings. The average molecular weight is 397 g/mol. The third-order valence-electron chi connectivity index (χ3n) is 4.47. The molecular formula is C21H24N4O2S. The Morgan fingerprint density at radius 3 is 2.57 bits per heavy atom. The minimum absolute atomic E-state index is 0.0540. The number of hydrogen-bond acceptors (Lipinski definition) is 6. The van der Waals surface area contributed by atoms with Crippen LogP contribution in [0.4, 0.5) is 0 Å². The van der Waals surface area contributed by atoms with Gasteiger partial charge in [0, 0.05) is 12.7 Å². The summed E-state index contributed by atoms with van der Waals surface area (Å²) in [6, 6.07) is 13.6. The number of benzene rings is 1. The minimum Gasteiger partial charge on any atom is -0.497 e. The van der Waals surface area contributed by atoms with Crippen LogP contribution in [0.25, 0.3) is 10.7 Å². The van der Waals surface area contributed by atoms with Crippen LogP contribution in [0, 0.1) is 6.92 Å². The molecule has 0 saturated heterocycles. The number of nitrogens with one attached hydrogen (secondary N) is 1. The number of aryl methyl sites for hydroxylation is 1. The Balaban J connectivity index is 1.72. The Morgan fingerprint density at radius 2 is 1.96 bits per heavy atom. The van der Waals surface area contributed by atoms with Gasteiger partial charge in [-0.2, -0.15) is 0 Å². The van der Waals surface area contributed by atoms with Crippen molar-refractivity contribution in [1.29, 1.82) is 0 Å². The van der Waals surface area contributed by atoms with E-state index in [0.29, 0.717) is 17.1 Å². The summed E-state index contributed by atoms with van der Waals surface area (Å²) in [6.07, 6.45) is 1.72. The quantitative estimate of drug-likeness (QED) is 0.661. The molecule has 146 valence electrons. The van der Waals surface area contributed by atoms with Crippen LogP contribution in [0.5, 0.6) is 5.75 Å². The van der Waals surface area contributed by atoms with Crippen molar-refractivity contribution in [2.75, 3.05) is 27.7 Å². The van der Waals surface area contributed by atoms with E-state index in [9.17, 15) is 4.79 Å². The molecular weight excluding hydrogens is 372 g/mol. The van der Waals surface area contributed by atoms with Gasteiger partial charge in [-0.15, -0.1) is 11.3 Å². The van der Waals surface area contributed by atoms with Crippen LogP contribution in [-0.4, -0.2) is 48.5 Å². The highest BCUT2D eigenvalue weighted by Crippen LogP contribution is 2.27. The van der Waals surface area contributed by atoms with Crippen molar-refractivity contribution in [3.8, 4) is 16.5 Å². The lowest BCUT2D eigenvalue weighted by Gasteiger charge is -2.25. The number of likely N-dealkylation sites (N-methyl/N-ethyl adjacent to an activating group) is 1. The summed E-state index contributed by atoms with van der Waals surface area (Å²) in [7, 11) is 5.64. The number of ether oxygens (including phenoxy) is 1. The van der Waals surface area contributed by atoms with Crippen molar-refractivity contribution in [3.63, 3.8) is 0 Å². The number of nitrogens with zero attached hydrogens (tertiary/aromatic N) is 3. The van der Waals surface area contributed by atoms with Gasteiger partial charge in [0.2, 0.25) is 0 Å². The molecule has 1 amide bonds. The number of carbonyl (C=O) groups is 1. The van der Waals surface area contributed by atoms with Crippen LogP contribution >= 0.6 is 11.3 Å². The van der Waals surface area contributed by atoms with Crippen molar-refractivity contribution >= 4 is 17.2 Å². The number of amides is 1. The Bertz CT molecular complexity index is 923. The number of methoxy groups -OCH3 is 1. The summed E-state index contributed by atoms with van der Waals surface area (Å²) in [6.45, 7) is 2.35. The lowest BCUT2D eigenvalue weighted by Crippen LogP contribution is -2.34. The first-order chi connectivity index (χ1) is 13.5. The Labute approximate surface area is 169 Å². The van der Waals surface area contributed by atoms with E-state index in [2.05, 4.69) is 20.2 Å². The molecule has 6 nitrogen and oxygen atoms in total. The molecule has 0 saturated carbocycles. The fourth-order valence-electron chi connectivity index (χ4n) is 2.90. The summed E-state index contributed by atoms with van der Waals surface area (Å²) in [5.74, 6) is 0.699. The van der Waals surface area contributed by atoms with E-state index in [1.165, 1.54) is 11.3 Å². The van der Waals surface area contributed by atoms with Gasteiger partial charge in [0.1, 0.15) is 15.6 Å². The Kier molecular flexibility index (Phi) is 6.38. The average Bonchev–Trinajstić information content (AvgIpc) is 3.10. The van der Waals surface area contributed by atoms with E-state index < -0.39 is 0 Å². The number of carbonyl (C=O) groups excluding carboxylic acids is 1. The predicted octanol–water partition coefficient (Wildman–Crippen LogP) is 3.55. The summed E-state index contributed by atoms with van der Waals surface area (Å²) in [4.78, 5) is 24.3. The van der Waals surface area contributed by atoms with E-state index in [1.54, 1.807) is 13.3 Å². The van der Waals surface area contributed by atoms with Gasteiger partial charge in [-0.1, -0.05) is 18.2 Å². The molecule has 2 heterocycles. The summed E-state index contributed by atoms with van der Waals surface area (Å²) in [5.41, 5.74) is 2.61. The smallest absolute Gasteiger partial charge is 0.263 e. The van der Waals surface area contributed by atoms with Crippen molar-refractivity contribution < 1.29 is 9.53 Å². The normalized spacial score (nSPS) is 12.0. The SMILES string of the molecule is COc1ccc([C@H](CNC(=O)c2sc(-c3ccccn3)nc2C)N(C)C)cc1. The Hall–Kier alpha value is -2.77. The first-order valence-electron chi connectivity index (χ1n) is 8.97. The highest BCUT2D eigenvalue weighted by molar-refractivity contribution is 7.17. The number of hydrogen-bond donors (Lipinski definition) is 1. The van der Waals surface area contributed by atoms with Gasteiger partial charge in [0.05, 0.1) is 24.5 Å². The molecule has 0 unspecified atom stereocenters. The van der Waals surface area contributed by atoms with Gasteiger partial charge in [-0.05, 0) is 50.8 Å². The molecule has 2 aromatic heterocycles. The number of rotatable bonds is 7. The Morgan fingerprint density at radius 1 is 1.21 bits per heavy atom. The molecule has 0 radical (unpaired) electrons. The molecule has 1 atom stereocenters. The van der Waals surface area contributed by atoms with Crippen LogP contribution in [0.15, 0.2) is 48.7 Å². The summed E-state index contributed by atoms with van der Waals surface area (Å²) >= 11 is 1.37. The summed E-state index contributed by atoms with van der Waals surface area (Å²) < 4.78 is 5.22. The molecule has 0 aliphatic heterocycles. The molecule has 0 fully saturated rings. The van der Waals surface area contributed by atoms with Crippen molar-refractivity contribution in [2.45, 2.75) is 13.0 Å². The van der Waals surface area contributed by atoms with Crippen LogP contribution in [-0.2, 0) is 0 Å². The molecule has 28 heavy (non-hydrogen) atoms. The molecule has 3 aromatic rings. The highest BCUT2D eigenvalue weighted by atomic mass is 32.1.